The fraction of sp³-hybridized carbons (Fsp3) is 0.643. The van der Waals surface area contributed by atoms with Crippen molar-refractivity contribution in [2.75, 3.05) is 26.2 Å². The summed E-state index contributed by atoms with van der Waals surface area (Å²) in [5, 5.41) is 3.28. The lowest BCUT2D eigenvalue weighted by molar-refractivity contribution is 0.0264. The standard InChI is InChI=1S/C14H20N2O/c1-5-14(11-15-7-1,17-10-12-2-3-12)6-4-13-8-16-9-13/h1,4-7,12-13,16H,2-3,8-11H2/b6-4+. The first-order valence-corrected chi connectivity index (χ1v) is 6.58. The lowest BCUT2D eigenvalue weighted by Gasteiger charge is -2.30. The van der Waals surface area contributed by atoms with Gasteiger partial charge in [-0.05, 0) is 30.9 Å². The van der Waals surface area contributed by atoms with E-state index in [0.717, 1.165) is 32.2 Å². The average molecular weight is 232 g/mol. The number of hydrogen-bond acceptors (Lipinski definition) is 3. The summed E-state index contributed by atoms with van der Waals surface area (Å²) in [6.45, 7) is 3.81. The molecule has 0 bridgehead atoms. The summed E-state index contributed by atoms with van der Waals surface area (Å²) in [7, 11) is 0. The lowest BCUT2D eigenvalue weighted by Crippen LogP contribution is -2.41. The van der Waals surface area contributed by atoms with E-state index in [1.165, 1.54) is 12.8 Å². The summed E-state index contributed by atoms with van der Waals surface area (Å²) in [5.74, 6) is 1.47. The van der Waals surface area contributed by atoms with Gasteiger partial charge in [-0.2, -0.15) is 0 Å². The molecule has 3 rings (SSSR count). The van der Waals surface area contributed by atoms with Gasteiger partial charge < -0.3 is 10.1 Å². The quantitative estimate of drug-likeness (QED) is 0.730. The van der Waals surface area contributed by atoms with Gasteiger partial charge >= 0.3 is 0 Å². The third kappa shape index (κ3) is 2.85. The summed E-state index contributed by atoms with van der Waals surface area (Å²) < 4.78 is 6.11. The zero-order valence-electron chi connectivity index (χ0n) is 10.1. The molecule has 3 aliphatic rings. The molecule has 17 heavy (non-hydrogen) atoms. The highest BCUT2D eigenvalue weighted by molar-refractivity contribution is 5.73. The first-order chi connectivity index (χ1) is 8.36. The molecule has 1 N–H and O–H groups in total. The number of ether oxygens (including phenoxy) is 1. The Hall–Kier alpha value is -0.930. The number of dihydropyridines is 1. The minimum Gasteiger partial charge on any atom is -0.365 e. The number of aliphatic imine (C=N–C) groups is 1. The smallest absolute Gasteiger partial charge is 0.124 e. The molecular weight excluding hydrogens is 212 g/mol. The minimum absolute atomic E-state index is 0.271. The van der Waals surface area contributed by atoms with Gasteiger partial charge in [0.15, 0.2) is 0 Å². The zero-order valence-corrected chi connectivity index (χ0v) is 10.1. The monoisotopic (exact) mass is 232 g/mol. The predicted molar refractivity (Wildman–Crippen MR) is 69.4 cm³/mol. The van der Waals surface area contributed by atoms with Crippen LogP contribution in [0.15, 0.2) is 29.3 Å². The highest BCUT2D eigenvalue weighted by Crippen LogP contribution is 2.31. The normalized spacial score (nSPS) is 33.2. The van der Waals surface area contributed by atoms with Crippen molar-refractivity contribution >= 4 is 6.21 Å². The SMILES string of the molecule is C1=CC(/C=C/C2CNC2)(OCC2CC2)CN=C1. The van der Waals surface area contributed by atoms with Crippen molar-refractivity contribution in [3.63, 3.8) is 0 Å². The second kappa shape index (κ2) is 4.75. The molecule has 0 aromatic carbocycles. The molecular formula is C14H20N2O. The molecule has 3 nitrogen and oxygen atoms in total. The maximum absolute atomic E-state index is 6.11. The second-order valence-electron chi connectivity index (χ2n) is 5.34. The number of nitrogens with one attached hydrogen (secondary N) is 1. The van der Waals surface area contributed by atoms with Crippen molar-refractivity contribution in [2.45, 2.75) is 18.4 Å². The van der Waals surface area contributed by atoms with Crippen LogP contribution in [0.4, 0.5) is 0 Å². The van der Waals surface area contributed by atoms with Crippen LogP contribution in [0.2, 0.25) is 0 Å². The molecule has 0 amide bonds. The van der Waals surface area contributed by atoms with Crippen LogP contribution in [0.3, 0.4) is 0 Å². The largest absolute Gasteiger partial charge is 0.365 e. The van der Waals surface area contributed by atoms with Crippen LogP contribution in [0.25, 0.3) is 0 Å². The number of nitrogens with zero attached hydrogens (tertiary/aromatic N) is 1. The van der Waals surface area contributed by atoms with Crippen molar-refractivity contribution in [3.05, 3.63) is 24.3 Å². The van der Waals surface area contributed by atoms with E-state index in [0.29, 0.717) is 5.92 Å². The molecule has 3 heteroatoms. The molecule has 1 atom stereocenters. The van der Waals surface area contributed by atoms with Crippen LogP contribution >= 0.6 is 0 Å². The number of rotatable bonds is 5. The zero-order chi connectivity index (χ0) is 11.6. The molecule has 1 aliphatic carbocycles. The molecule has 1 saturated carbocycles. The molecule has 0 spiro atoms. The van der Waals surface area contributed by atoms with E-state index in [9.17, 15) is 0 Å². The van der Waals surface area contributed by atoms with Gasteiger partial charge in [0.05, 0.1) is 13.2 Å². The third-order valence-corrected chi connectivity index (χ3v) is 3.66. The molecule has 2 heterocycles. The average Bonchev–Trinajstić information content (AvgIpc) is 3.10. The van der Waals surface area contributed by atoms with E-state index in [4.69, 9.17) is 4.74 Å². The Labute approximate surface area is 103 Å². The molecule has 0 radical (unpaired) electrons. The Morgan fingerprint density at radius 2 is 2.29 bits per heavy atom. The Kier molecular flexibility index (Phi) is 3.12. The molecule has 2 aliphatic heterocycles. The highest BCUT2D eigenvalue weighted by Gasteiger charge is 2.30. The van der Waals surface area contributed by atoms with Crippen molar-refractivity contribution in [1.82, 2.24) is 5.32 Å². The summed E-state index contributed by atoms with van der Waals surface area (Å²) in [4.78, 5) is 4.35. The van der Waals surface area contributed by atoms with Crippen molar-refractivity contribution in [2.24, 2.45) is 16.8 Å². The number of allylic oxidation sites excluding steroid dienone is 1. The van der Waals surface area contributed by atoms with E-state index in [-0.39, 0.29) is 5.60 Å². The van der Waals surface area contributed by atoms with Crippen molar-refractivity contribution < 1.29 is 4.74 Å². The number of hydrogen-bond donors (Lipinski definition) is 1. The van der Waals surface area contributed by atoms with E-state index in [1.54, 1.807) is 0 Å². The molecule has 0 aromatic rings. The Bertz CT molecular complexity index is 353. The predicted octanol–water partition coefficient (Wildman–Crippen LogP) is 1.57. The molecule has 92 valence electrons. The van der Waals surface area contributed by atoms with Gasteiger partial charge in [0.25, 0.3) is 0 Å². The van der Waals surface area contributed by atoms with Gasteiger partial charge in [0.2, 0.25) is 0 Å². The molecule has 0 aromatic heterocycles. The van der Waals surface area contributed by atoms with E-state index in [1.807, 2.05) is 12.3 Å². The van der Waals surface area contributed by atoms with Crippen LogP contribution in [0.5, 0.6) is 0 Å². The maximum atomic E-state index is 6.11. The van der Waals surface area contributed by atoms with Crippen LogP contribution in [-0.2, 0) is 4.74 Å². The van der Waals surface area contributed by atoms with Gasteiger partial charge in [-0.15, -0.1) is 0 Å². The van der Waals surface area contributed by atoms with Crippen LogP contribution < -0.4 is 5.32 Å². The van der Waals surface area contributed by atoms with Gasteiger partial charge in [-0.1, -0.05) is 12.2 Å². The van der Waals surface area contributed by atoms with Crippen molar-refractivity contribution in [1.29, 1.82) is 0 Å². The molecule has 1 unspecified atom stereocenters. The van der Waals surface area contributed by atoms with Crippen LogP contribution in [0, 0.1) is 11.8 Å². The summed E-state index contributed by atoms with van der Waals surface area (Å²) >= 11 is 0. The van der Waals surface area contributed by atoms with Crippen LogP contribution in [-0.4, -0.2) is 38.1 Å². The summed E-state index contributed by atoms with van der Waals surface area (Å²) in [6.07, 6.45) is 13.2. The topological polar surface area (TPSA) is 33.6 Å². The van der Waals surface area contributed by atoms with Crippen LogP contribution in [0.1, 0.15) is 12.8 Å². The third-order valence-electron chi connectivity index (χ3n) is 3.66. The Morgan fingerprint density at radius 1 is 1.41 bits per heavy atom. The molecule has 2 fully saturated rings. The Balaban J connectivity index is 1.63. The lowest BCUT2D eigenvalue weighted by atomic mass is 9.95. The minimum atomic E-state index is -0.271. The fourth-order valence-electron chi connectivity index (χ4n) is 2.07. The van der Waals surface area contributed by atoms with Gasteiger partial charge in [-0.3, -0.25) is 4.99 Å². The summed E-state index contributed by atoms with van der Waals surface area (Å²) in [6, 6.07) is 0. The second-order valence-corrected chi connectivity index (χ2v) is 5.34. The first-order valence-electron chi connectivity index (χ1n) is 6.58. The molecule has 1 saturated heterocycles. The first kappa shape index (κ1) is 11.2. The maximum Gasteiger partial charge on any atom is 0.124 e. The van der Waals surface area contributed by atoms with E-state index in [2.05, 4.69) is 28.5 Å². The van der Waals surface area contributed by atoms with E-state index >= 15 is 0 Å². The highest BCUT2D eigenvalue weighted by atomic mass is 16.5. The van der Waals surface area contributed by atoms with E-state index < -0.39 is 0 Å². The summed E-state index contributed by atoms with van der Waals surface area (Å²) in [5.41, 5.74) is -0.271. The van der Waals surface area contributed by atoms with Gasteiger partial charge in [0.1, 0.15) is 5.60 Å². The van der Waals surface area contributed by atoms with Crippen molar-refractivity contribution in [3.8, 4) is 0 Å². The fourth-order valence-corrected chi connectivity index (χ4v) is 2.07. The Morgan fingerprint density at radius 3 is 2.88 bits per heavy atom. The van der Waals surface area contributed by atoms with Gasteiger partial charge in [0, 0.05) is 25.2 Å². The van der Waals surface area contributed by atoms with Gasteiger partial charge in [-0.25, -0.2) is 0 Å².